The van der Waals surface area contributed by atoms with Crippen LogP contribution in [0.5, 0.6) is 11.5 Å². The highest BCUT2D eigenvalue weighted by Gasteiger charge is 2.18. The lowest BCUT2D eigenvalue weighted by molar-refractivity contribution is -0.139. The molecule has 5 nitrogen and oxygen atoms in total. The molecule has 0 aliphatic carbocycles. The Morgan fingerprint density at radius 1 is 1.21 bits per heavy atom. The summed E-state index contributed by atoms with van der Waals surface area (Å²) in [5, 5.41) is 12.5. The molecule has 0 amide bonds. The molecule has 1 atom stereocenters. The van der Waals surface area contributed by atoms with Gasteiger partial charge in [-0.2, -0.15) is 11.8 Å². The van der Waals surface area contributed by atoms with Gasteiger partial charge in [0.1, 0.15) is 12.6 Å². The van der Waals surface area contributed by atoms with Crippen molar-refractivity contribution in [2.45, 2.75) is 39.5 Å². The molecule has 2 aromatic carbocycles. The zero-order chi connectivity index (χ0) is 21.2. The number of benzene rings is 2. The zero-order valence-electron chi connectivity index (χ0n) is 17.0. The van der Waals surface area contributed by atoms with Gasteiger partial charge in [-0.3, -0.25) is 4.79 Å². The molecule has 0 radical (unpaired) electrons. The van der Waals surface area contributed by atoms with Crippen LogP contribution >= 0.6 is 27.7 Å². The number of rotatable bonds is 12. The van der Waals surface area contributed by atoms with E-state index in [-0.39, 0.29) is 0 Å². The number of hydrogen-bond acceptors (Lipinski definition) is 5. The maximum atomic E-state index is 11.5. The third kappa shape index (κ3) is 7.24. The topological polar surface area (TPSA) is 67.8 Å². The lowest BCUT2D eigenvalue weighted by Crippen LogP contribution is -2.36. The molecule has 0 heterocycles. The quantitative estimate of drug-likeness (QED) is 0.442. The molecule has 2 rings (SSSR count). The van der Waals surface area contributed by atoms with E-state index in [4.69, 9.17) is 9.47 Å². The van der Waals surface area contributed by atoms with Crippen molar-refractivity contribution in [2.24, 2.45) is 0 Å². The maximum absolute atomic E-state index is 11.5. The van der Waals surface area contributed by atoms with Gasteiger partial charge >= 0.3 is 5.97 Å². The number of carbonyl (C=O) groups is 1. The number of hydrogen-bond donors (Lipinski definition) is 2. The van der Waals surface area contributed by atoms with Gasteiger partial charge in [-0.15, -0.1) is 0 Å². The normalized spacial score (nSPS) is 11.9. The summed E-state index contributed by atoms with van der Waals surface area (Å²) < 4.78 is 12.7. The molecular formula is C22H28BrNO4S. The fourth-order valence-corrected chi connectivity index (χ4v) is 3.74. The van der Waals surface area contributed by atoms with E-state index >= 15 is 0 Å². The molecule has 0 spiro atoms. The highest BCUT2D eigenvalue weighted by atomic mass is 79.9. The highest BCUT2D eigenvalue weighted by Crippen LogP contribution is 2.34. The molecule has 0 aromatic heterocycles. The van der Waals surface area contributed by atoms with Gasteiger partial charge in [-0.25, -0.2) is 0 Å². The van der Waals surface area contributed by atoms with Gasteiger partial charge in [-0.05, 0) is 61.1 Å². The number of ether oxygens (including phenoxy) is 2. The Kier molecular flexibility index (Phi) is 9.84. The minimum absolute atomic E-state index is 0.421. The predicted octanol–water partition coefficient (Wildman–Crippen LogP) is 5.03. The summed E-state index contributed by atoms with van der Waals surface area (Å²) in [5.74, 6) is 1.26. The minimum Gasteiger partial charge on any atom is -0.490 e. The standard InChI is InChI=1S/C22H28BrNO4S/c1-4-27-20-11-17(13-24-19(22(25)26)9-10-29-3)18(23)12-21(20)28-14-16-8-6-5-7-15(16)2/h5-8,11-12,19,24H,4,9-10,13-14H2,1-3H3,(H,25,26). The van der Waals surface area contributed by atoms with Crippen LogP contribution in [0.2, 0.25) is 0 Å². The minimum atomic E-state index is -0.835. The largest absolute Gasteiger partial charge is 0.490 e. The molecule has 7 heteroatoms. The summed E-state index contributed by atoms with van der Waals surface area (Å²) in [6.07, 6.45) is 2.55. The van der Waals surface area contributed by atoms with Crippen molar-refractivity contribution in [3.8, 4) is 11.5 Å². The van der Waals surface area contributed by atoms with E-state index < -0.39 is 12.0 Å². The molecule has 2 aromatic rings. The molecular weight excluding hydrogens is 454 g/mol. The van der Waals surface area contributed by atoms with Crippen LogP contribution in [0, 0.1) is 6.92 Å². The number of carboxylic acid groups (broad SMARTS) is 1. The van der Waals surface area contributed by atoms with E-state index in [1.165, 1.54) is 5.56 Å². The van der Waals surface area contributed by atoms with E-state index in [9.17, 15) is 9.90 Å². The van der Waals surface area contributed by atoms with Gasteiger partial charge in [0.15, 0.2) is 11.5 Å². The summed E-state index contributed by atoms with van der Waals surface area (Å²) in [4.78, 5) is 11.5. The number of aliphatic carboxylic acids is 1. The van der Waals surface area contributed by atoms with Gasteiger partial charge < -0.3 is 19.9 Å². The van der Waals surface area contributed by atoms with Crippen LogP contribution in [-0.2, 0) is 17.9 Å². The monoisotopic (exact) mass is 481 g/mol. The number of halogens is 1. The SMILES string of the molecule is CCOc1cc(CNC(CCSC)C(=O)O)c(Br)cc1OCc1ccccc1C. The summed E-state index contributed by atoms with van der Waals surface area (Å²) >= 11 is 5.22. The zero-order valence-corrected chi connectivity index (χ0v) is 19.4. The van der Waals surface area contributed by atoms with Crippen LogP contribution in [0.25, 0.3) is 0 Å². The molecule has 29 heavy (non-hydrogen) atoms. The summed E-state index contributed by atoms with van der Waals surface area (Å²) in [6, 6.07) is 11.3. The van der Waals surface area contributed by atoms with Crippen LogP contribution in [0.3, 0.4) is 0 Å². The average molecular weight is 482 g/mol. The molecule has 0 fully saturated rings. The van der Waals surface area contributed by atoms with Crippen molar-refractivity contribution in [3.05, 3.63) is 57.6 Å². The van der Waals surface area contributed by atoms with Crippen molar-refractivity contribution in [1.29, 1.82) is 0 Å². The van der Waals surface area contributed by atoms with E-state index in [1.807, 2.05) is 43.5 Å². The van der Waals surface area contributed by atoms with Crippen molar-refractivity contribution in [1.82, 2.24) is 5.32 Å². The van der Waals surface area contributed by atoms with Gasteiger partial charge in [0.2, 0.25) is 0 Å². The first kappa shape index (κ1) is 23.6. The fourth-order valence-electron chi connectivity index (χ4n) is 2.80. The molecule has 0 aliphatic rings. The Morgan fingerprint density at radius 3 is 2.59 bits per heavy atom. The Hall–Kier alpha value is -1.70. The van der Waals surface area contributed by atoms with E-state index in [1.54, 1.807) is 11.8 Å². The molecule has 2 N–H and O–H groups in total. The lowest BCUT2D eigenvalue weighted by Gasteiger charge is -2.18. The van der Waals surface area contributed by atoms with Crippen LogP contribution in [0.4, 0.5) is 0 Å². The van der Waals surface area contributed by atoms with E-state index in [0.717, 1.165) is 21.4 Å². The summed E-state index contributed by atoms with van der Waals surface area (Å²) in [5.41, 5.74) is 3.22. The van der Waals surface area contributed by atoms with Gasteiger partial charge in [-0.1, -0.05) is 40.2 Å². The second-order valence-corrected chi connectivity index (χ2v) is 8.43. The Morgan fingerprint density at radius 2 is 1.93 bits per heavy atom. The molecule has 158 valence electrons. The first-order chi connectivity index (χ1) is 14.0. The van der Waals surface area contributed by atoms with Crippen molar-refractivity contribution < 1.29 is 19.4 Å². The van der Waals surface area contributed by atoms with Crippen LogP contribution in [0.15, 0.2) is 40.9 Å². The van der Waals surface area contributed by atoms with Crippen molar-refractivity contribution in [3.63, 3.8) is 0 Å². The number of aryl methyl sites for hydroxylation is 1. The average Bonchev–Trinajstić information content (AvgIpc) is 2.69. The molecule has 0 bridgehead atoms. The lowest BCUT2D eigenvalue weighted by atomic mass is 10.1. The van der Waals surface area contributed by atoms with Gasteiger partial charge in [0, 0.05) is 11.0 Å². The fraction of sp³-hybridized carbons (Fsp3) is 0.409. The Balaban J connectivity index is 2.13. The highest BCUT2D eigenvalue weighted by molar-refractivity contribution is 9.10. The van der Waals surface area contributed by atoms with Crippen molar-refractivity contribution in [2.75, 3.05) is 18.6 Å². The van der Waals surface area contributed by atoms with Gasteiger partial charge in [0.25, 0.3) is 0 Å². The molecule has 0 saturated heterocycles. The van der Waals surface area contributed by atoms with Gasteiger partial charge in [0.05, 0.1) is 6.61 Å². The van der Waals surface area contributed by atoms with Crippen LogP contribution < -0.4 is 14.8 Å². The van der Waals surface area contributed by atoms with E-state index in [2.05, 4.69) is 34.2 Å². The second-order valence-electron chi connectivity index (χ2n) is 6.59. The maximum Gasteiger partial charge on any atom is 0.320 e. The third-order valence-electron chi connectivity index (χ3n) is 4.50. The Bertz CT molecular complexity index is 815. The number of thioether (sulfide) groups is 1. The first-order valence-electron chi connectivity index (χ1n) is 9.53. The molecule has 0 aliphatic heterocycles. The number of nitrogens with one attached hydrogen (secondary N) is 1. The first-order valence-corrected chi connectivity index (χ1v) is 11.7. The number of carboxylic acids is 1. The van der Waals surface area contributed by atoms with Crippen LogP contribution in [0.1, 0.15) is 30.0 Å². The predicted molar refractivity (Wildman–Crippen MR) is 122 cm³/mol. The third-order valence-corrected chi connectivity index (χ3v) is 5.89. The van der Waals surface area contributed by atoms with Crippen LogP contribution in [-0.4, -0.2) is 35.7 Å². The smallest absolute Gasteiger partial charge is 0.320 e. The Labute approximate surface area is 185 Å². The summed E-state index contributed by atoms with van der Waals surface area (Å²) in [7, 11) is 0. The molecule has 1 unspecified atom stereocenters. The molecule has 0 saturated carbocycles. The van der Waals surface area contributed by atoms with E-state index in [0.29, 0.717) is 37.7 Å². The van der Waals surface area contributed by atoms with Crippen molar-refractivity contribution >= 4 is 33.7 Å². The summed E-state index contributed by atoms with van der Waals surface area (Å²) in [6.45, 7) is 5.37. The second kappa shape index (κ2) is 12.1.